The van der Waals surface area contributed by atoms with Crippen molar-refractivity contribution in [3.05, 3.63) is 41.7 Å². The van der Waals surface area contributed by atoms with Crippen molar-refractivity contribution in [2.45, 2.75) is 40.0 Å². The molecule has 5 nitrogen and oxygen atoms in total. The van der Waals surface area contributed by atoms with Crippen LogP contribution in [0.25, 0.3) is 5.69 Å². The minimum absolute atomic E-state index is 0. The predicted molar refractivity (Wildman–Crippen MR) is 108 cm³/mol. The molecule has 2 N–H and O–H groups in total. The van der Waals surface area contributed by atoms with Gasteiger partial charge in [0.15, 0.2) is 0 Å². The first-order valence-corrected chi connectivity index (χ1v) is 9.18. The highest BCUT2D eigenvalue weighted by Gasteiger charge is 2.22. The van der Waals surface area contributed by atoms with Gasteiger partial charge in [-0.2, -0.15) is 5.10 Å². The Hall–Kier alpha value is -1.85. The van der Waals surface area contributed by atoms with Crippen LogP contribution in [-0.4, -0.2) is 28.8 Å². The molecule has 2 unspecified atom stereocenters. The summed E-state index contributed by atoms with van der Waals surface area (Å²) < 4.78 is 1.89. The molecule has 0 bridgehead atoms. The largest absolute Gasteiger partial charge is 0.324 e. The molecule has 2 atom stereocenters. The monoisotopic (exact) mass is 376 g/mol. The molecule has 2 aromatic rings. The van der Waals surface area contributed by atoms with Gasteiger partial charge in [-0.05, 0) is 69.8 Å². The number of aromatic nitrogens is 2. The first-order chi connectivity index (χ1) is 12.0. The van der Waals surface area contributed by atoms with Crippen molar-refractivity contribution in [2.75, 3.05) is 18.4 Å². The van der Waals surface area contributed by atoms with Crippen molar-refractivity contribution in [1.29, 1.82) is 0 Å². The zero-order valence-electron chi connectivity index (χ0n) is 15.8. The van der Waals surface area contributed by atoms with Crippen LogP contribution in [0.5, 0.6) is 0 Å². The van der Waals surface area contributed by atoms with E-state index in [0.29, 0.717) is 18.3 Å². The summed E-state index contributed by atoms with van der Waals surface area (Å²) in [5.41, 5.74) is 3.75. The number of anilines is 1. The van der Waals surface area contributed by atoms with Gasteiger partial charge in [0.25, 0.3) is 0 Å². The number of piperidine rings is 1. The molecule has 0 radical (unpaired) electrons. The lowest BCUT2D eigenvalue weighted by Gasteiger charge is -2.28. The van der Waals surface area contributed by atoms with Gasteiger partial charge in [-0.25, -0.2) is 4.68 Å². The summed E-state index contributed by atoms with van der Waals surface area (Å²) in [5.74, 6) is 1.05. The van der Waals surface area contributed by atoms with Crippen LogP contribution in [0.3, 0.4) is 0 Å². The molecule has 3 rings (SSSR count). The summed E-state index contributed by atoms with van der Waals surface area (Å²) in [5, 5.41) is 11.1. The SMILES string of the molecule is Cc1cc(C)n(-c2ccccc2NC(=O)CC(C)C2CCCNC2)n1.Cl. The molecule has 1 aromatic heterocycles. The average Bonchev–Trinajstić information content (AvgIpc) is 2.94. The van der Waals surface area contributed by atoms with E-state index in [9.17, 15) is 4.79 Å². The highest BCUT2D eigenvalue weighted by Crippen LogP contribution is 2.25. The van der Waals surface area contributed by atoms with E-state index in [-0.39, 0.29) is 18.3 Å². The maximum atomic E-state index is 12.6. The molecule has 1 aromatic carbocycles. The van der Waals surface area contributed by atoms with Crippen LogP contribution < -0.4 is 10.6 Å². The van der Waals surface area contributed by atoms with Crippen LogP contribution in [0.2, 0.25) is 0 Å². The fraction of sp³-hybridized carbons (Fsp3) is 0.500. The summed E-state index contributed by atoms with van der Waals surface area (Å²) in [6, 6.07) is 9.88. The van der Waals surface area contributed by atoms with E-state index in [2.05, 4.69) is 22.7 Å². The number of benzene rings is 1. The smallest absolute Gasteiger partial charge is 0.224 e. The number of aryl methyl sites for hydroxylation is 2. The van der Waals surface area contributed by atoms with Crippen molar-refractivity contribution in [3.8, 4) is 5.69 Å². The summed E-state index contributed by atoms with van der Waals surface area (Å²) >= 11 is 0. The summed E-state index contributed by atoms with van der Waals surface area (Å²) in [7, 11) is 0. The molecule has 1 aliphatic rings. The number of carbonyl (C=O) groups is 1. The van der Waals surface area contributed by atoms with Crippen LogP contribution in [0.1, 0.15) is 37.6 Å². The lowest BCUT2D eigenvalue weighted by molar-refractivity contribution is -0.117. The molecule has 0 spiro atoms. The Morgan fingerprint density at radius 2 is 2.15 bits per heavy atom. The van der Waals surface area contributed by atoms with Gasteiger partial charge in [-0.1, -0.05) is 19.1 Å². The number of amides is 1. The number of halogens is 1. The number of carbonyl (C=O) groups excluding carboxylic acids is 1. The number of para-hydroxylation sites is 2. The number of hydrogen-bond acceptors (Lipinski definition) is 3. The van der Waals surface area contributed by atoms with Gasteiger partial charge < -0.3 is 10.6 Å². The van der Waals surface area contributed by atoms with Crippen molar-refractivity contribution in [3.63, 3.8) is 0 Å². The molecular weight excluding hydrogens is 348 g/mol. The number of nitrogens with one attached hydrogen (secondary N) is 2. The van der Waals surface area contributed by atoms with E-state index in [4.69, 9.17) is 0 Å². The summed E-state index contributed by atoms with van der Waals surface area (Å²) in [4.78, 5) is 12.6. The minimum atomic E-state index is 0. The van der Waals surface area contributed by atoms with Crippen LogP contribution in [0.15, 0.2) is 30.3 Å². The van der Waals surface area contributed by atoms with E-state index in [1.807, 2.05) is 48.9 Å². The van der Waals surface area contributed by atoms with Crippen LogP contribution in [-0.2, 0) is 4.79 Å². The van der Waals surface area contributed by atoms with E-state index < -0.39 is 0 Å². The average molecular weight is 377 g/mol. The van der Waals surface area contributed by atoms with Crippen LogP contribution in [0, 0.1) is 25.7 Å². The predicted octanol–water partition coefficient (Wildman–Crippen LogP) is 3.88. The summed E-state index contributed by atoms with van der Waals surface area (Å²) in [6.45, 7) is 8.31. The molecule has 1 saturated heterocycles. The second kappa shape index (κ2) is 9.19. The normalized spacial score (nSPS) is 18.0. The third-order valence-corrected chi connectivity index (χ3v) is 5.06. The molecule has 2 heterocycles. The summed E-state index contributed by atoms with van der Waals surface area (Å²) in [6.07, 6.45) is 2.97. The van der Waals surface area contributed by atoms with Crippen LogP contribution >= 0.6 is 12.4 Å². The van der Waals surface area contributed by atoms with E-state index in [1.165, 1.54) is 12.8 Å². The Bertz CT molecular complexity index is 737. The van der Waals surface area contributed by atoms with Gasteiger partial charge >= 0.3 is 0 Å². The lowest BCUT2D eigenvalue weighted by atomic mass is 9.85. The molecule has 1 amide bonds. The van der Waals surface area contributed by atoms with Crippen molar-refractivity contribution >= 4 is 24.0 Å². The zero-order valence-corrected chi connectivity index (χ0v) is 16.6. The number of nitrogens with zero attached hydrogens (tertiary/aromatic N) is 2. The van der Waals surface area contributed by atoms with E-state index in [1.54, 1.807) is 0 Å². The third kappa shape index (κ3) is 4.86. The fourth-order valence-electron chi connectivity index (χ4n) is 3.66. The van der Waals surface area contributed by atoms with E-state index in [0.717, 1.165) is 35.9 Å². The molecule has 142 valence electrons. The Morgan fingerprint density at radius 1 is 1.38 bits per heavy atom. The molecular formula is C20H29ClN4O. The standard InChI is InChI=1S/C20H28N4O.ClH/c1-14(17-7-6-10-21-13-17)11-20(25)22-18-8-4-5-9-19(18)24-16(3)12-15(2)23-24;/h4-5,8-9,12,14,17,21H,6-7,10-11,13H2,1-3H3,(H,22,25);1H. The van der Waals surface area contributed by atoms with Crippen LogP contribution in [0.4, 0.5) is 5.69 Å². The van der Waals surface area contributed by atoms with Gasteiger partial charge in [-0.3, -0.25) is 4.79 Å². The van der Waals surface area contributed by atoms with E-state index >= 15 is 0 Å². The molecule has 0 saturated carbocycles. The zero-order chi connectivity index (χ0) is 17.8. The molecule has 26 heavy (non-hydrogen) atoms. The van der Waals surface area contributed by atoms with Gasteiger partial charge in [0.1, 0.15) is 0 Å². The minimum Gasteiger partial charge on any atom is -0.324 e. The quantitative estimate of drug-likeness (QED) is 0.832. The van der Waals surface area contributed by atoms with Crippen molar-refractivity contribution < 1.29 is 4.79 Å². The van der Waals surface area contributed by atoms with Gasteiger partial charge in [-0.15, -0.1) is 12.4 Å². The van der Waals surface area contributed by atoms with Gasteiger partial charge in [0.05, 0.1) is 17.1 Å². The second-order valence-electron chi connectivity index (χ2n) is 7.19. The maximum absolute atomic E-state index is 12.6. The Labute approximate surface area is 162 Å². The van der Waals surface area contributed by atoms with Crippen molar-refractivity contribution in [2.24, 2.45) is 11.8 Å². The maximum Gasteiger partial charge on any atom is 0.224 e. The lowest BCUT2D eigenvalue weighted by Crippen LogP contribution is -2.34. The highest BCUT2D eigenvalue weighted by atomic mass is 35.5. The first kappa shape index (κ1) is 20.5. The molecule has 1 fully saturated rings. The fourth-order valence-corrected chi connectivity index (χ4v) is 3.66. The number of hydrogen-bond donors (Lipinski definition) is 2. The third-order valence-electron chi connectivity index (χ3n) is 5.06. The molecule has 1 aliphatic heterocycles. The molecule has 0 aliphatic carbocycles. The Kier molecular flexibility index (Phi) is 7.23. The van der Waals surface area contributed by atoms with Crippen molar-refractivity contribution in [1.82, 2.24) is 15.1 Å². The Morgan fingerprint density at radius 3 is 2.81 bits per heavy atom. The highest BCUT2D eigenvalue weighted by molar-refractivity contribution is 5.93. The first-order valence-electron chi connectivity index (χ1n) is 9.18. The van der Waals surface area contributed by atoms with Gasteiger partial charge in [0.2, 0.25) is 5.91 Å². The van der Waals surface area contributed by atoms with Gasteiger partial charge in [0, 0.05) is 12.1 Å². The second-order valence-corrected chi connectivity index (χ2v) is 7.19. The Balaban J connectivity index is 0.00000243. The topological polar surface area (TPSA) is 59.0 Å². The number of rotatable bonds is 5. The molecule has 6 heteroatoms.